The minimum Gasteiger partial charge on any atom is -0.493 e. The lowest BCUT2D eigenvalue weighted by molar-refractivity contribution is -0.131. The van der Waals surface area contributed by atoms with Crippen molar-refractivity contribution in [2.75, 3.05) is 17.2 Å². The number of hydrogen-bond acceptors (Lipinski definition) is 5. The molecule has 2 N–H and O–H groups in total. The summed E-state index contributed by atoms with van der Waals surface area (Å²) in [5, 5.41) is 5.55. The average Bonchev–Trinajstić information content (AvgIpc) is 2.74. The van der Waals surface area contributed by atoms with Crippen molar-refractivity contribution in [3.05, 3.63) is 84.4 Å². The van der Waals surface area contributed by atoms with Crippen molar-refractivity contribution in [3.8, 4) is 11.5 Å². The number of carbonyl (C=O) groups is 3. The van der Waals surface area contributed by atoms with Crippen LogP contribution in [-0.4, -0.2) is 24.4 Å². The highest BCUT2D eigenvalue weighted by Crippen LogP contribution is 2.18. The van der Waals surface area contributed by atoms with Crippen LogP contribution >= 0.6 is 0 Å². The Balaban J connectivity index is 1.54. The van der Waals surface area contributed by atoms with E-state index in [1.807, 2.05) is 30.3 Å². The summed E-state index contributed by atoms with van der Waals surface area (Å²) < 4.78 is 10.5. The lowest BCUT2D eigenvalue weighted by Crippen LogP contribution is -2.16. The van der Waals surface area contributed by atoms with E-state index in [0.29, 0.717) is 28.4 Å². The molecule has 0 unspecified atom stereocenters. The van der Waals surface area contributed by atoms with Gasteiger partial charge in [0.2, 0.25) is 5.91 Å². The Hall–Kier alpha value is -4.13. The van der Waals surface area contributed by atoms with Crippen LogP contribution in [0.1, 0.15) is 23.7 Å². The van der Waals surface area contributed by atoms with E-state index < -0.39 is 5.97 Å². The fraction of sp³-hybridized carbons (Fsp3) is 0.125. The second kappa shape index (κ2) is 10.6. The Morgan fingerprint density at radius 2 is 1.45 bits per heavy atom. The Labute approximate surface area is 180 Å². The predicted octanol–water partition coefficient (Wildman–Crippen LogP) is 4.27. The van der Waals surface area contributed by atoms with Crippen LogP contribution in [0.15, 0.2) is 78.9 Å². The van der Waals surface area contributed by atoms with Crippen LogP contribution < -0.4 is 20.1 Å². The Kier molecular flexibility index (Phi) is 7.37. The highest BCUT2D eigenvalue weighted by molar-refractivity contribution is 6.05. The molecule has 0 aliphatic rings. The van der Waals surface area contributed by atoms with Gasteiger partial charge in [-0.1, -0.05) is 30.3 Å². The van der Waals surface area contributed by atoms with Crippen molar-refractivity contribution in [1.82, 2.24) is 0 Å². The van der Waals surface area contributed by atoms with Crippen LogP contribution in [0, 0.1) is 0 Å². The molecule has 3 aromatic rings. The second-order valence-electron chi connectivity index (χ2n) is 6.62. The van der Waals surface area contributed by atoms with Gasteiger partial charge < -0.3 is 20.1 Å². The van der Waals surface area contributed by atoms with Crippen molar-refractivity contribution in [3.63, 3.8) is 0 Å². The SMILES string of the molecule is CC(=O)Oc1cccc(C(=O)Nc2cccc(NC(=O)CCOc3ccccc3)c2)c1. The summed E-state index contributed by atoms with van der Waals surface area (Å²) in [5.41, 5.74) is 1.41. The van der Waals surface area contributed by atoms with Gasteiger partial charge in [-0.2, -0.15) is 0 Å². The first-order valence-corrected chi connectivity index (χ1v) is 9.67. The third-order valence-corrected chi connectivity index (χ3v) is 4.10. The maximum atomic E-state index is 12.5. The molecule has 3 aromatic carbocycles. The summed E-state index contributed by atoms with van der Waals surface area (Å²) in [6, 6.07) is 22.4. The molecule has 0 aromatic heterocycles. The molecule has 0 saturated carbocycles. The van der Waals surface area contributed by atoms with E-state index in [0.717, 1.165) is 0 Å². The van der Waals surface area contributed by atoms with Gasteiger partial charge in [-0.15, -0.1) is 0 Å². The number of rotatable bonds is 8. The molecule has 0 spiro atoms. The van der Waals surface area contributed by atoms with Gasteiger partial charge in [0.25, 0.3) is 5.91 Å². The van der Waals surface area contributed by atoms with E-state index in [9.17, 15) is 14.4 Å². The van der Waals surface area contributed by atoms with Crippen LogP contribution in [0.4, 0.5) is 11.4 Å². The van der Waals surface area contributed by atoms with Gasteiger partial charge in [-0.25, -0.2) is 0 Å². The first-order valence-electron chi connectivity index (χ1n) is 9.67. The van der Waals surface area contributed by atoms with Gasteiger partial charge in [-0.3, -0.25) is 14.4 Å². The van der Waals surface area contributed by atoms with Crippen LogP contribution in [0.3, 0.4) is 0 Å². The van der Waals surface area contributed by atoms with Crippen LogP contribution in [-0.2, 0) is 9.59 Å². The van der Waals surface area contributed by atoms with E-state index >= 15 is 0 Å². The lowest BCUT2D eigenvalue weighted by atomic mass is 10.2. The van der Waals surface area contributed by atoms with Crippen molar-refractivity contribution < 1.29 is 23.9 Å². The summed E-state index contributed by atoms with van der Waals surface area (Å²) in [6.07, 6.45) is 0.189. The van der Waals surface area contributed by atoms with Crippen LogP contribution in [0.25, 0.3) is 0 Å². The first kappa shape index (κ1) is 21.6. The van der Waals surface area contributed by atoms with Crippen molar-refractivity contribution in [1.29, 1.82) is 0 Å². The predicted molar refractivity (Wildman–Crippen MR) is 117 cm³/mol. The Morgan fingerprint density at radius 3 is 2.19 bits per heavy atom. The molecule has 2 amide bonds. The number of para-hydroxylation sites is 1. The number of hydrogen-bond donors (Lipinski definition) is 2. The molecule has 3 rings (SSSR count). The molecule has 0 bridgehead atoms. The number of amides is 2. The van der Waals surface area contributed by atoms with E-state index in [4.69, 9.17) is 9.47 Å². The minimum absolute atomic E-state index is 0.189. The highest BCUT2D eigenvalue weighted by atomic mass is 16.5. The highest BCUT2D eigenvalue weighted by Gasteiger charge is 2.10. The fourth-order valence-electron chi connectivity index (χ4n) is 2.75. The standard InChI is InChI=1S/C24H22N2O5/c1-17(27)31-22-12-5-7-18(15-22)24(29)26-20-9-6-8-19(16-20)25-23(28)13-14-30-21-10-3-2-4-11-21/h2-12,15-16H,13-14H2,1H3,(H,25,28)(H,26,29). The smallest absolute Gasteiger partial charge is 0.308 e. The van der Waals surface area contributed by atoms with Gasteiger partial charge in [0.05, 0.1) is 13.0 Å². The van der Waals surface area contributed by atoms with Gasteiger partial charge in [-0.05, 0) is 48.5 Å². The molecule has 0 fully saturated rings. The normalized spacial score (nSPS) is 10.1. The largest absolute Gasteiger partial charge is 0.493 e. The topological polar surface area (TPSA) is 93.7 Å². The second-order valence-corrected chi connectivity index (χ2v) is 6.62. The average molecular weight is 418 g/mol. The fourth-order valence-corrected chi connectivity index (χ4v) is 2.75. The summed E-state index contributed by atoms with van der Waals surface area (Å²) in [5.74, 6) is -0.0333. The van der Waals surface area contributed by atoms with Crippen LogP contribution in [0.2, 0.25) is 0 Å². The molecule has 158 valence electrons. The molecule has 0 saturated heterocycles. The first-order chi connectivity index (χ1) is 15.0. The molecule has 0 radical (unpaired) electrons. The van der Waals surface area contributed by atoms with E-state index in [2.05, 4.69) is 10.6 Å². The molecular weight excluding hydrogens is 396 g/mol. The van der Waals surface area contributed by atoms with E-state index in [-0.39, 0.29) is 24.8 Å². The number of benzene rings is 3. The maximum absolute atomic E-state index is 12.5. The number of nitrogens with one attached hydrogen (secondary N) is 2. The molecular formula is C24H22N2O5. The van der Waals surface area contributed by atoms with Gasteiger partial charge in [0, 0.05) is 23.9 Å². The molecule has 0 aliphatic heterocycles. The zero-order chi connectivity index (χ0) is 22.1. The van der Waals surface area contributed by atoms with Crippen molar-refractivity contribution in [2.24, 2.45) is 0 Å². The quantitative estimate of drug-likeness (QED) is 0.421. The van der Waals surface area contributed by atoms with Crippen molar-refractivity contribution >= 4 is 29.2 Å². The molecule has 0 heterocycles. The summed E-state index contributed by atoms with van der Waals surface area (Å²) in [6.45, 7) is 1.55. The number of esters is 1. The zero-order valence-electron chi connectivity index (χ0n) is 17.0. The Bertz CT molecular complexity index is 1070. The van der Waals surface area contributed by atoms with E-state index in [1.165, 1.54) is 13.0 Å². The van der Waals surface area contributed by atoms with Gasteiger partial charge in [0.15, 0.2) is 0 Å². The lowest BCUT2D eigenvalue weighted by Gasteiger charge is -2.10. The maximum Gasteiger partial charge on any atom is 0.308 e. The van der Waals surface area contributed by atoms with Gasteiger partial charge in [0.1, 0.15) is 11.5 Å². The third kappa shape index (κ3) is 7.01. The number of carbonyl (C=O) groups excluding carboxylic acids is 3. The molecule has 31 heavy (non-hydrogen) atoms. The summed E-state index contributed by atoms with van der Waals surface area (Å²) in [7, 11) is 0. The monoisotopic (exact) mass is 418 g/mol. The number of anilines is 2. The third-order valence-electron chi connectivity index (χ3n) is 4.10. The minimum atomic E-state index is -0.463. The Morgan fingerprint density at radius 1 is 0.774 bits per heavy atom. The summed E-state index contributed by atoms with van der Waals surface area (Å²) in [4.78, 5) is 35.8. The molecule has 7 nitrogen and oxygen atoms in total. The van der Waals surface area contributed by atoms with Crippen molar-refractivity contribution in [2.45, 2.75) is 13.3 Å². The van der Waals surface area contributed by atoms with Gasteiger partial charge >= 0.3 is 5.97 Å². The number of ether oxygens (including phenoxy) is 2. The molecule has 0 atom stereocenters. The molecule has 0 aliphatic carbocycles. The van der Waals surface area contributed by atoms with E-state index in [1.54, 1.807) is 42.5 Å². The zero-order valence-corrected chi connectivity index (χ0v) is 17.0. The van der Waals surface area contributed by atoms with Crippen LogP contribution in [0.5, 0.6) is 11.5 Å². The molecule has 7 heteroatoms. The summed E-state index contributed by atoms with van der Waals surface area (Å²) >= 11 is 0.